The smallest absolute Gasteiger partial charge is 0.427 e. The van der Waals surface area contributed by atoms with Gasteiger partial charge in [-0.25, -0.2) is 28.2 Å². The van der Waals surface area contributed by atoms with E-state index in [1.54, 1.807) is 0 Å². The number of alkyl halides is 3. The van der Waals surface area contributed by atoms with Gasteiger partial charge in [-0.3, -0.25) is 9.48 Å². The second-order valence-corrected chi connectivity index (χ2v) is 11.1. The SMILES string of the molecule is O=C(O)c1ccc2c(=O)n(Cc3cc(F)c(-c4cccc(OCc5ncc(C(F)(F)F)s5)n4)cc3F)n(C[C@@H]3CCO3)c2c1. The first-order chi connectivity index (χ1) is 21.0. The highest BCUT2D eigenvalue weighted by Crippen LogP contribution is 2.34. The van der Waals surface area contributed by atoms with Gasteiger partial charge in [-0.2, -0.15) is 13.2 Å². The summed E-state index contributed by atoms with van der Waals surface area (Å²) in [4.78, 5) is 31.8. The number of pyridine rings is 1. The standard InChI is InChI=1S/C29H21F5N4O5S/c30-20-10-19(22-2-1-3-25(36-22)43-14-26-35-11-24(44-26)29(32,33)34)21(31)8-16(20)12-38-27(39)18-5-4-15(28(40)41)9-23(18)37(38)13-17-6-7-42-17/h1-5,8-11,17H,6-7,12-14H2,(H,40,41)/t17-/m0/s1. The van der Waals surface area contributed by atoms with Crippen molar-refractivity contribution in [1.82, 2.24) is 19.3 Å². The Morgan fingerprint density at radius 1 is 1.11 bits per heavy atom. The Kier molecular flexibility index (Phi) is 7.67. The molecule has 228 valence electrons. The molecule has 1 N–H and O–H groups in total. The van der Waals surface area contributed by atoms with Gasteiger partial charge in [0.05, 0.1) is 47.6 Å². The van der Waals surface area contributed by atoms with E-state index in [1.165, 1.54) is 45.8 Å². The molecule has 0 spiro atoms. The van der Waals surface area contributed by atoms with E-state index >= 15 is 8.78 Å². The Bertz CT molecular complexity index is 1950. The van der Waals surface area contributed by atoms with Gasteiger partial charge in [0.1, 0.15) is 28.1 Å². The molecule has 2 aromatic carbocycles. The van der Waals surface area contributed by atoms with E-state index in [2.05, 4.69) is 9.97 Å². The molecule has 15 heteroatoms. The molecule has 1 saturated heterocycles. The number of aromatic nitrogens is 4. The fourth-order valence-electron chi connectivity index (χ4n) is 4.77. The predicted octanol–water partition coefficient (Wildman–Crippen LogP) is 5.73. The number of nitrogens with zero attached hydrogens (tertiary/aromatic N) is 4. The van der Waals surface area contributed by atoms with E-state index in [4.69, 9.17) is 9.47 Å². The van der Waals surface area contributed by atoms with Gasteiger partial charge >= 0.3 is 12.1 Å². The summed E-state index contributed by atoms with van der Waals surface area (Å²) < 4.78 is 83.0. The molecule has 1 aliphatic rings. The first-order valence-electron chi connectivity index (χ1n) is 13.2. The Labute approximate surface area is 248 Å². The van der Waals surface area contributed by atoms with Gasteiger partial charge in [-0.15, -0.1) is 11.3 Å². The van der Waals surface area contributed by atoms with Gasteiger partial charge in [0.25, 0.3) is 5.56 Å². The number of thiazole rings is 1. The molecule has 1 atom stereocenters. The summed E-state index contributed by atoms with van der Waals surface area (Å²) in [5.41, 5.74) is -0.536. The number of rotatable bonds is 9. The molecule has 0 saturated carbocycles. The molecule has 0 amide bonds. The van der Waals surface area contributed by atoms with Crippen LogP contribution in [0.25, 0.3) is 22.2 Å². The lowest BCUT2D eigenvalue weighted by atomic mass is 10.1. The van der Waals surface area contributed by atoms with Crippen molar-refractivity contribution in [3.8, 4) is 17.1 Å². The van der Waals surface area contributed by atoms with Crippen molar-refractivity contribution >= 4 is 28.2 Å². The van der Waals surface area contributed by atoms with E-state index in [9.17, 15) is 27.9 Å². The number of hydrogen-bond acceptors (Lipinski definition) is 7. The summed E-state index contributed by atoms with van der Waals surface area (Å²) in [6.07, 6.45) is -3.33. The molecule has 9 nitrogen and oxygen atoms in total. The summed E-state index contributed by atoms with van der Waals surface area (Å²) in [7, 11) is 0. The minimum Gasteiger partial charge on any atom is -0.478 e. The highest BCUT2D eigenvalue weighted by atomic mass is 32.1. The van der Waals surface area contributed by atoms with Crippen LogP contribution in [0, 0.1) is 11.6 Å². The fourth-order valence-corrected chi connectivity index (χ4v) is 5.47. The average Bonchev–Trinajstić information content (AvgIpc) is 3.55. The quantitative estimate of drug-likeness (QED) is 0.207. The van der Waals surface area contributed by atoms with E-state index in [1.807, 2.05) is 0 Å². The number of ether oxygens (including phenoxy) is 2. The molecule has 5 aromatic rings. The molecule has 0 radical (unpaired) electrons. The first-order valence-corrected chi connectivity index (χ1v) is 14.0. The first kappa shape index (κ1) is 29.4. The zero-order chi connectivity index (χ0) is 31.2. The maximum absolute atomic E-state index is 15.4. The number of carboxylic acids is 1. The van der Waals surface area contributed by atoms with Gasteiger partial charge in [-0.05, 0) is 42.8 Å². The van der Waals surface area contributed by atoms with Crippen LogP contribution in [0.2, 0.25) is 0 Å². The third kappa shape index (κ3) is 5.79. The molecular weight excluding hydrogens is 611 g/mol. The van der Waals surface area contributed by atoms with Crippen LogP contribution in [0.15, 0.2) is 59.5 Å². The molecule has 0 aliphatic carbocycles. The summed E-state index contributed by atoms with van der Waals surface area (Å²) in [6, 6.07) is 10.2. The van der Waals surface area contributed by atoms with Gasteiger partial charge in [0.2, 0.25) is 5.88 Å². The topological polar surface area (TPSA) is 108 Å². The van der Waals surface area contributed by atoms with Crippen molar-refractivity contribution < 1.29 is 41.3 Å². The van der Waals surface area contributed by atoms with E-state index in [-0.39, 0.29) is 64.5 Å². The molecular formula is C29H21F5N4O5S. The minimum absolute atomic E-state index is 0.00943. The van der Waals surface area contributed by atoms with E-state index in [0.717, 1.165) is 18.6 Å². The zero-order valence-corrected chi connectivity index (χ0v) is 23.3. The van der Waals surface area contributed by atoms with Crippen molar-refractivity contribution in [3.63, 3.8) is 0 Å². The number of aromatic carboxylic acids is 1. The van der Waals surface area contributed by atoms with Crippen molar-refractivity contribution in [3.05, 3.63) is 97.7 Å². The number of carbonyl (C=O) groups is 1. The normalized spacial score (nSPS) is 15.0. The van der Waals surface area contributed by atoms with Crippen LogP contribution in [0.3, 0.4) is 0 Å². The third-order valence-corrected chi connectivity index (χ3v) is 8.10. The lowest BCUT2D eigenvalue weighted by Gasteiger charge is -2.28. The number of halogens is 5. The number of benzene rings is 2. The fraction of sp³-hybridized carbons (Fsp3) is 0.241. The highest BCUT2D eigenvalue weighted by Gasteiger charge is 2.33. The van der Waals surface area contributed by atoms with Crippen molar-refractivity contribution in [1.29, 1.82) is 0 Å². The van der Waals surface area contributed by atoms with Crippen LogP contribution in [0.5, 0.6) is 5.88 Å². The largest absolute Gasteiger partial charge is 0.478 e. The lowest BCUT2D eigenvalue weighted by molar-refractivity contribution is -0.134. The Morgan fingerprint density at radius 2 is 1.91 bits per heavy atom. The molecule has 4 heterocycles. The second kappa shape index (κ2) is 11.5. The minimum atomic E-state index is -4.53. The third-order valence-electron chi connectivity index (χ3n) is 7.08. The number of hydrogen-bond donors (Lipinski definition) is 1. The molecule has 0 unspecified atom stereocenters. The van der Waals surface area contributed by atoms with Gasteiger partial charge < -0.3 is 14.6 Å². The Morgan fingerprint density at radius 3 is 2.59 bits per heavy atom. The number of fused-ring (bicyclic) bond motifs is 1. The van der Waals surface area contributed by atoms with Gasteiger partial charge in [-0.1, -0.05) is 6.07 Å². The lowest BCUT2D eigenvalue weighted by Crippen LogP contribution is -2.35. The molecule has 3 aromatic heterocycles. The van der Waals surface area contributed by atoms with Crippen LogP contribution in [-0.4, -0.2) is 43.1 Å². The molecule has 6 rings (SSSR count). The highest BCUT2D eigenvalue weighted by molar-refractivity contribution is 7.11. The van der Waals surface area contributed by atoms with Crippen LogP contribution >= 0.6 is 11.3 Å². The summed E-state index contributed by atoms with van der Waals surface area (Å²) in [6.45, 7) is 0.0880. The summed E-state index contributed by atoms with van der Waals surface area (Å²) >= 11 is 0.421. The Balaban J connectivity index is 1.28. The Hall–Kier alpha value is -4.63. The molecule has 44 heavy (non-hydrogen) atoms. The van der Waals surface area contributed by atoms with Crippen LogP contribution < -0.4 is 10.3 Å². The molecule has 1 fully saturated rings. The molecule has 1 aliphatic heterocycles. The maximum atomic E-state index is 15.4. The monoisotopic (exact) mass is 632 g/mol. The molecule has 0 bridgehead atoms. The van der Waals surface area contributed by atoms with E-state index < -0.39 is 34.2 Å². The van der Waals surface area contributed by atoms with Crippen molar-refractivity contribution in [2.75, 3.05) is 6.61 Å². The van der Waals surface area contributed by atoms with Gasteiger partial charge in [0, 0.05) is 23.8 Å². The van der Waals surface area contributed by atoms with Crippen LogP contribution in [0.1, 0.15) is 32.2 Å². The zero-order valence-electron chi connectivity index (χ0n) is 22.5. The second-order valence-electron chi connectivity index (χ2n) is 9.95. The van der Waals surface area contributed by atoms with Crippen LogP contribution in [-0.2, 0) is 30.6 Å². The van der Waals surface area contributed by atoms with Crippen molar-refractivity contribution in [2.45, 2.75) is 38.4 Å². The van der Waals surface area contributed by atoms with Crippen molar-refractivity contribution in [2.24, 2.45) is 0 Å². The van der Waals surface area contributed by atoms with Crippen LogP contribution in [0.4, 0.5) is 22.0 Å². The maximum Gasteiger partial charge on any atom is 0.427 e. The average molecular weight is 633 g/mol. The van der Waals surface area contributed by atoms with E-state index in [0.29, 0.717) is 29.7 Å². The number of carboxylic acid groups (broad SMARTS) is 1. The summed E-state index contributed by atoms with van der Waals surface area (Å²) in [5, 5.41) is 9.72. The van der Waals surface area contributed by atoms with Gasteiger partial charge in [0.15, 0.2) is 0 Å². The summed E-state index contributed by atoms with van der Waals surface area (Å²) in [5.74, 6) is -2.88. The predicted molar refractivity (Wildman–Crippen MR) is 148 cm³/mol.